The monoisotopic (exact) mass is 468 g/mol. The van der Waals surface area contributed by atoms with Crippen LogP contribution in [0, 0.1) is 17.1 Å². The third kappa shape index (κ3) is 5.54. The number of benzene rings is 3. The molecule has 0 saturated carbocycles. The summed E-state index contributed by atoms with van der Waals surface area (Å²) in [5.74, 6) is -0.850. The molecule has 1 N–H and O–H groups in total. The Morgan fingerprint density at radius 2 is 1.83 bits per heavy atom. The van der Waals surface area contributed by atoms with Gasteiger partial charge >= 0.3 is 0 Å². The third-order valence-corrected chi connectivity index (χ3v) is 4.98. The lowest BCUT2D eigenvalue weighted by molar-refractivity contribution is -0.112. The number of hydrogen-bond acceptors (Lipinski definition) is 2. The molecule has 3 nitrogen and oxygen atoms in total. The van der Waals surface area contributed by atoms with Crippen molar-refractivity contribution in [3.8, 4) is 6.07 Å². The predicted molar refractivity (Wildman–Crippen MR) is 117 cm³/mol. The molecule has 6 heteroatoms. The van der Waals surface area contributed by atoms with Gasteiger partial charge in [0.1, 0.15) is 17.5 Å². The molecule has 3 rings (SSSR count). The van der Waals surface area contributed by atoms with Gasteiger partial charge in [-0.25, -0.2) is 4.39 Å². The molecule has 1 amide bonds. The molecule has 3 aromatic rings. The molecule has 144 valence electrons. The molecule has 0 aromatic heterocycles. The average Bonchev–Trinajstić information content (AvgIpc) is 2.71. The van der Waals surface area contributed by atoms with Gasteiger partial charge in [-0.05, 0) is 65.2 Å². The number of rotatable bonds is 5. The van der Waals surface area contributed by atoms with Crippen LogP contribution in [0.3, 0.4) is 0 Å². The summed E-state index contributed by atoms with van der Waals surface area (Å²) < 4.78 is 14.9. The van der Waals surface area contributed by atoms with Crippen molar-refractivity contribution in [1.82, 2.24) is 0 Å². The van der Waals surface area contributed by atoms with Gasteiger partial charge in [0.05, 0.1) is 0 Å². The Bertz CT molecular complexity index is 1120. The van der Waals surface area contributed by atoms with E-state index < -0.39 is 5.91 Å². The van der Waals surface area contributed by atoms with Crippen molar-refractivity contribution >= 4 is 45.2 Å². The zero-order valence-corrected chi connectivity index (χ0v) is 17.5. The van der Waals surface area contributed by atoms with Crippen molar-refractivity contribution in [2.75, 3.05) is 5.32 Å². The molecule has 0 radical (unpaired) electrons. The van der Waals surface area contributed by atoms with E-state index in [9.17, 15) is 14.4 Å². The fourth-order valence-electron chi connectivity index (χ4n) is 2.74. The molecule has 0 aliphatic heterocycles. The maximum absolute atomic E-state index is 14.1. The summed E-state index contributed by atoms with van der Waals surface area (Å²) in [5.41, 5.74) is 2.34. The summed E-state index contributed by atoms with van der Waals surface area (Å²) in [5, 5.41) is 12.6. The average molecular weight is 470 g/mol. The molecule has 0 bridgehead atoms. The second kappa shape index (κ2) is 9.51. The van der Waals surface area contributed by atoms with Gasteiger partial charge in [-0.3, -0.25) is 4.79 Å². The Labute approximate surface area is 181 Å². The maximum atomic E-state index is 14.1. The van der Waals surface area contributed by atoms with Gasteiger partial charge in [0.2, 0.25) is 0 Å². The number of anilines is 1. The summed E-state index contributed by atoms with van der Waals surface area (Å²) in [6.45, 7) is 0. The molecule has 0 spiro atoms. The number of hydrogen-bond donors (Lipinski definition) is 1. The van der Waals surface area contributed by atoms with Gasteiger partial charge in [0.15, 0.2) is 0 Å². The zero-order chi connectivity index (χ0) is 20.8. The molecule has 0 saturated heterocycles. The van der Waals surface area contributed by atoms with Crippen LogP contribution < -0.4 is 5.32 Å². The quantitative estimate of drug-likeness (QED) is 0.348. The first-order chi connectivity index (χ1) is 14.0. The molecule has 0 atom stereocenters. The van der Waals surface area contributed by atoms with Crippen molar-refractivity contribution < 1.29 is 9.18 Å². The first kappa shape index (κ1) is 20.8. The highest BCUT2D eigenvalue weighted by Crippen LogP contribution is 2.23. The lowest BCUT2D eigenvalue weighted by Gasteiger charge is -2.09. The Hall–Kier alpha value is -2.94. The molecular weight excluding hydrogens is 455 g/mol. The van der Waals surface area contributed by atoms with Gasteiger partial charge in [0, 0.05) is 21.6 Å². The fourth-order valence-corrected chi connectivity index (χ4v) is 3.19. The first-order valence-electron chi connectivity index (χ1n) is 8.67. The Morgan fingerprint density at radius 1 is 1.10 bits per heavy atom. The summed E-state index contributed by atoms with van der Waals surface area (Å²) in [7, 11) is 0. The van der Waals surface area contributed by atoms with Crippen LogP contribution in [0.1, 0.15) is 16.7 Å². The van der Waals surface area contributed by atoms with Crippen LogP contribution in [-0.2, 0) is 11.2 Å². The lowest BCUT2D eigenvalue weighted by Crippen LogP contribution is -2.13. The fraction of sp³-hybridized carbons (Fsp3) is 0.0435. The van der Waals surface area contributed by atoms with Gasteiger partial charge in [-0.15, -0.1) is 0 Å². The summed E-state index contributed by atoms with van der Waals surface area (Å²) in [6, 6.07) is 20.5. The molecule has 0 heterocycles. The molecule has 0 aliphatic rings. The number of carbonyl (C=O) groups excluding carboxylic acids is 1. The van der Waals surface area contributed by atoms with Crippen LogP contribution in [0.2, 0.25) is 5.02 Å². The van der Waals surface area contributed by atoms with Crippen LogP contribution in [0.15, 0.2) is 76.8 Å². The Kier molecular flexibility index (Phi) is 6.82. The number of nitriles is 1. The van der Waals surface area contributed by atoms with Crippen LogP contribution in [0.25, 0.3) is 6.08 Å². The molecule has 3 aromatic carbocycles. The molecule has 0 fully saturated rings. The highest BCUT2D eigenvalue weighted by atomic mass is 79.9. The molecular formula is C23H15BrClFN2O. The second-order valence-corrected chi connectivity index (χ2v) is 7.59. The van der Waals surface area contributed by atoms with Gasteiger partial charge in [0.25, 0.3) is 5.91 Å². The van der Waals surface area contributed by atoms with E-state index in [-0.39, 0.29) is 11.4 Å². The SMILES string of the molecule is N#C/C(=C\c1cc(Cl)ccc1Cc1ccccc1F)C(=O)Nc1ccc(Br)cc1. The van der Waals surface area contributed by atoms with Crippen molar-refractivity contribution in [2.24, 2.45) is 0 Å². The molecule has 29 heavy (non-hydrogen) atoms. The number of halogens is 3. The van der Waals surface area contributed by atoms with Gasteiger partial charge in [-0.2, -0.15) is 5.26 Å². The highest BCUT2D eigenvalue weighted by Gasteiger charge is 2.12. The first-order valence-corrected chi connectivity index (χ1v) is 9.84. The van der Waals surface area contributed by atoms with E-state index in [0.29, 0.717) is 28.3 Å². The summed E-state index contributed by atoms with van der Waals surface area (Å²) in [6.07, 6.45) is 1.78. The predicted octanol–water partition coefficient (Wildman–Crippen LogP) is 6.38. The van der Waals surface area contributed by atoms with E-state index in [1.54, 1.807) is 60.7 Å². The Balaban J connectivity index is 1.91. The van der Waals surface area contributed by atoms with E-state index in [4.69, 9.17) is 11.6 Å². The minimum atomic E-state index is -0.536. The number of carbonyl (C=O) groups is 1. The standard InChI is InChI=1S/C23H15BrClFN2O/c24-19-6-9-21(10-7-19)28-23(29)18(14-27)12-17-13-20(25)8-5-15(17)11-16-3-1-2-4-22(16)26/h1-10,12-13H,11H2,(H,28,29)/b18-12+. The van der Waals surface area contributed by atoms with E-state index in [1.165, 1.54) is 12.1 Å². The van der Waals surface area contributed by atoms with Gasteiger partial charge < -0.3 is 5.32 Å². The van der Waals surface area contributed by atoms with Crippen molar-refractivity contribution in [3.63, 3.8) is 0 Å². The largest absolute Gasteiger partial charge is 0.321 e. The van der Waals surface area contributed by atoms with Crippen molar-refractivity contribution in [1.29, 1.82) is 5.26 Å². The summed E-state index contributed by atoms with van der Waals surface area (Å²) >= 11 is 9.44. The number of nitrogens with one attached hydrogen (secondary N) is 1. The lowest BCUT2D eigenvalue weighted by atomic mass is 9.98. The normalized spacial score (nSPS) is 11.0. The zero-order valence-electron chi connectivity index (χ0n) is 15.1. The minimum Gasteiger partial charge on any atom is -0.321 e. The van der Waals surface area contributed by atoms with Crippen LogP contribution in [0.4, 0.5) is 10.1 Å². The third-order valence-electron chi connectivity index (χ3n) is 4.21. The van der Waals surface area contributed by atoms with Crippen molar-refractivity contribution in [3.05, 3.63) is 104 Å². The summed E-state index contributed by atoms with van der Waals surface area (Å²) in [4.78, 5) is 12.5. The van der Waals surface area contributed by atoms with Crippen molar-refractivity contribution in [2.45, 2.75) is 6.42 Å². The van der Waals surface area contributed by atoms with E-state index in [0.717, 1.165) is 10.0 Å². The number of amides is 1. The smallest absolute Gasteiger partial charge is 0.266 e. The second-order valence-electron chi connectivity index (χ2n) is 6.24. The van der Waals surface area contributed by atoms with E-state index >= 15 is 0 Å². The van der Waals surface area contributed by atoms with Crippen LogP contribution in [-0.4, -0.2) is 5.91 Å². The van der Waals surface area contributed by atoms with Gasteiger partial charge in [-0.1, -0.05) is 51.8 Å². The van der Waals surface area contributed by atoms with Crippen LogP contribution in [0.5, 0.6) is 0 Å². The molecule has 0 unspecified atom stereocenters. The Morgan fingerprint density at radius 3 is 2.52 bits per heavy atom. The highest BCUT2D eigenvalue weighted by molar-refractivity contribution is 9.10. The van der Waals surface area contributed by atoms with E-state index in [2.05, 4.69) is 21.2 Å². The maximum Gasteiger partial charge on any atom is 0.266 e. The van der Waals surface area contributed by atoms with Crippen LogP contribution >= 0.6 is 27.5 Å². The van der Waals surface area contributed by atoms with E-state index in [1.807, 2.05) is 6.07 Å². The molecule has 0 aliphatic carbocycles. The minimum absolute atomic E-state index is 0.0787. The number of nitrogens with zero attached hydrogens (tertiary/aromatic N) is 1. The topological polar surface area (TPSA) is 52.9 Å².